The predicted octanol–water partition coefficient (Wildman–Crippen LogP) is 4.72. The highest BCUT2D eigenvalue weighted by atomic mass is 16.7. The fraction of sp³-hybridized carbons (Fsp3) is 0.406. The number of hydrogen-bond donors (Lipinski definition) is 1. The average Bonchev–Trinajstić information content (AvgIpc) is 2.94. The first kappa shape index (κ1) is 28.9. The van der Waals surface area contributed by atoms with Crippen LogP contribution in [-0.2, 0) is 43.6 Å². The molecule has 1 saturated heterocycles. The lowest BCUT2D eigenvalue weighted by Crippen LogP contribution is -2.67. The van der Waals surface area contributed by atoms with Crippen molar-refractivity contribution in [3.05, 3.63) is 108 Å². The normalized spacial score (nSPS) is 23.1. The summed E-state index contributed by atoms with van der Waals surface area (Å²) >= 11 is 0. The number of hydrogen-bond acceptors (Lipinski definition) is 6. The molecule has 7 nitrogen and oxygen atoms in total. The van der Waals surface area contributed by atoms with Gasteiger partial charge in [0.15, 0.2) is 6.29 Å². The van der Waals surface area contributed by atoms with E-state index in [1.54, 1.807) is 4.90 Å². The topological polar surface area (TPSA) is 77.5 Å². The summed E-state index contributed by atoms with van der Waals surface area (Å²) in [7, 11) is 0. The van der Waals surface area contributed by atoms with Crippen molar-refractivity contribution >= 4 is 5.91 Å². The molecule has 0 saturated carbocycles. The molecule has 0 radical (unpaired) electrons. The van der Waals surface area contributed by atoms with Crippen LogP contribution in [0.3, 0.4) is 0 Å². The lowest BCUT2D eigenvalue weighted by molar-refractivity contribution is -0.294. The number of aliphatic hydroxyl groups excluding tert-OH is 1. The molecular formula is C32H39NO6. The van der Waals surface area contributed by atoms with Gasteiger partial charge in [0.1, 0.15) is 24.4 Å². The third-order valence-corrected chi connectivity index (χ3v) is 6.84. The van der Waals surface area contributed by atoms with E-state index in [0.29, 0.717) is 19.8 Å². The van der Waals surface area contributed by atoms with Gasteiger partial charge in [-0.15, -0.1) is 0 Å². The number of nitrogens with zero attached hydrogens (tertiary/aromatic N) is 1. The molecule has 0 unspecified atom stereocenters. The summed E-state index contributed by atoms with van der Waals surface area (Å²) in [6.45, 7) is 6.52. The number of ether oxygens (including phenoxy) is 4. The maximum absolute atomic E-state index is 12.8. The van der Waals surface area contributed by atoms with Crippen LogP contribution in [0.4, 0.5) is 0 Å². The second kappa shape index (κ2) is 14.4. The molecule has 7 heteroatoms. The van der Waals surface area contributed by atoms with Gasteiger partial charge in [0.25, 0.3) is 0 Å². The average molecular weight is 534 g/mol. The Bertz CT molecular complexity index is 1130. The second-order valence-electron chi connectivity index (χ2n) is 10.1. The van der Waals surface area contributed by atoms with Crippen LogP contribution in [0.15, 0.2) is 91.0 Å². The van der Waals surface area contributed by atoms with Crippen LogP contribution in [0.5, 0.6) is 0 Å². The first-order chi connectivity index (χ1) is 18.9. The number of aliphatic hydroxyl groups is 1. The number of amides is 1. The molecule has 1 amide bonds. The van der Waals surface area contributed by atoms with Gasteiger partial charge in [-0.25, -0.2) is 0 Å². The molecule has 208 valence electrons. The van der Waals surface area contributed by atoms with Crippen molar-refractivity contribution in [1.82, 2.24) is 4.90 Å². The Kier molecular flexibility index (Phi) is 10.6. The van der Waals surface area contributed by atoms with Gasteiger partial charge in [-0.2, -0.15) is 0 Å². The van der Waals surface area contributed by atoms with Gasteiger partial charge in [0.2, 0.25) is 5.91 Å². The minimum Gasteiger partial charge on any atom is -0.374 e. The smallest absolute Gasteiger partial charge is 0.220 e. The van der Waals surface area contributed by atoms with Crippen molar-refractivity contribution in [2.45, 2.75) is 77.3 Å². The first-order valence-electron chi connectivity index (χ1n) is 13.5. The molecule has 0 spiro atoms. The molecule has 1 N–H and O–H groups in total. The van der Waals surface area contributed by atoms with Crippen molar-refractivity contribution < 1.29 is 28.8 Å². The SMILES string of the molecule is CC(=O)N(C(C)C)[C@@H]1[C@@H](OCc2ccccc2)[C@H](OCc2ccccc2)[C@@H](COCc2ccccc2)O[C@@H]1O. The second-order valence-corrected chi connectivity index (χ2v) is 10.1. The van der Waals surface area contributed by atoms with E-state index in [1.807, 2.05) is 105 Å². The molecule has 4 rings (SSSR count). The van der Waals surface area contributed by atoms with Crippen molar-refractivity contribution in [2.75, 3.05) is 6.61 Å². The zero-order valence-electron chi connectivity index (χ0n) is 22.9. The van der Waals surface area contributed by atoms with Gasteiger partial charge < -0.3 is 29.0 Å². The van der Waals surface area contributed by atoms with Crippen LogP contribution in [0.1, 0.15) is 37.5 Å². The van der Waals surface area contributed by atoms with Crippen LogP contribution in [0.25, 0.3) is 0 Å². The zero-order valence-corrected chi connectivity index (χ0v) is 22.9. The Morgan fingerprint density at radius 2 is 1.26 bits per heavy atom. The molecule has 39 heavy (non-hydrogen) atoms. The molecule has 0 bridgehead atoms. The summed E-state index contributed by atoms with van der Waals surface area (Å²) < 4.78 is 25.2. The van der Waals surface area contributed by atoms with Crippen LogP contribution < -0.4 is 0 Å². The van der Waals surface area contributed by atoms with Crippen LogP contribution in [0, 0.1) is 0 Å². The highest BCUT2D eigenvalue weighted by molar-refractivity contribution is 5.74. The summed E-state index contributed by atoms with van der Waals surface area (Å²) in [4.78, 5) is 14.4. The van der Waals surface area contributed by atoms with Crippen LogP contribution >= 0.6 is 0 Å². The Balaban J connectivity index is 1.61. The molecule has 0 aromatic heterocycles. The number of benzene rings is 3. The van der Waals surface area contributed by atoms with Gasteiger partial charge in [0, 0.05) is 13.0 Å². The van der Waals surface area contributed by atoms with Gasteiger partial charge in [0.05, 0.1) is 26.4 Å². The Morgan fingerprint density at radius 1 is 0.795 bits per heavy atom. The van der Waals surface area contributed by atoms with Gasteiger partial charge in [-0.05, 0) is 30.5 Å². The van der Waals surface area contributed by atoms with Crippen LogP contribution in [0.2, 0.25) is 0 Å². The van der Waals surface area contributed by atoms with Crippen LogP contribution in [-0.4, -0.2) is 59.2 Å². The first-order valence-corrected chi connectivity index (χ1v) is 13.5. The van der Waals surface area contributed by atoms with Gasteiger partial charge in [-0.1, -0.05) is 91.0 Å². The highest BCUT2D eigenvalue weighted by Crippen LogP contribution is 2.31. The quantitative estimate of drug-likeness (QED) is 0.363. The lowest BCUT2D eigenvalue weighted by atomic mass is 9.93. The van der Waals surface area contributed by atoms with E-state index in [2.05, 4.69) is 0 Å². The summed E-state index contributed by atoms with van der Waals surface area (Å²) in [5.41, 5.74) is 3.01. The molecular weight excluding hydrogens is 494 g/mol. The van der Waals surface area contributed by atoms with E-state index in [4.69, 9.17) is 18.9 Å². The standard InChI is InChI=1S/C32H39NO6/c1-23(2)33(24(3)34)29-31(38-21-27-17-11-6-12-18-27)30(37-20-26-15-9-5-10-16-26)28(39-32(29)35)22-36-19-25-13-7-4-8-14-25/h4-18,23,28-32,35H,19-22H2,1-3H3/t28-,29-,30-,31-,32+/m1/s1. The third-order valence-electron chi connectivity index (χ3n) is 6.84. The van der Waals surface area contributed by atoms with E-state index in [0.717, 1.165) is 16.7 Å². The fourth-order valence-corrected chi connectivity index (χ4v) is 5.05. The molecule has 5 atom stereocenters. The van der Waals surface area contributed by atoms with E-state index in [1.165, 1.54) is 6.92 Å². The molecule has 1 heterocycles. The molecule has 0 aliphatic carbocycles. The molecule has 1 fully saturated rings. The molecule has 1 aliphatic rings. The fourth-order valence-electron chi connectivity index (χ4n) is 5.05. The largest absolute Gasteiger partial charge is 0.374 e. The van der Waals surface area contributed by atoms with Crippen molar-refractivity contribution in [2.24, 2.45) is 0 Å². The summed E-state index contributed by atoms with van der Waals surface area (Å²) in [5.74, 6) is -0.174. The van der Waals surface area contributed by atoms with Gasteiger partial charge >= 0.3 is 0 Å². The molecule has 3 aromatic rings. The Labute approximate surface area is 231 Å². The van der Waals surface area contributed by atoms with E-state index in [9.17, 15) is 9.90 Å². The Morgan fingerprint density at radius 3 is 1.72 bits per heavy atom. The maximum Gasteiger partial charge on any atom is 0.220 e. The summed E-state index contributed by atoms with van der Waals surface area (Å²) in [6, 6.07) is 28.6. The molecule has 3 aromatic carbocycles. The summed E-state index contributed by atoms with van der Waals surface area (Å²) in [6.07, 6.45) is -3.18. The number of carbonyl (C=O) groups excluding carboxylic acids is 1. The lowest BCUT2D eigenvalue weighted by Gasteiger charge is -2.49. The van der Waals surface area contributed by atoms with Crippen molar-refractivity contribution in [3.63, 3.8) is 0 Å². The van der Waals surface area contributed by atoms with E-state index >= 15 is 0 Å². The third kappa shape index (κ3) is 7.97. The Hall–Kier alpha value is -3.07. The zero-order chi connectivity index (χ0) is 27.6. The molecule has 1 aliphatic heterocycles. The van der Waals surface area contributed by atoms with E-state index < -0.39 is 30.6 Å². The van der Waals surface area contributed by atoms with E-state index in [-0.39, 0.29) is 18.6 Å². The number of carbonyl (C=O) groups is 1. The summed E-state index contributed by atoms with van der Waals surface area (Å²) in [5, 5.41) is 11.3. The van der Waals surface area contributed by atoms with Crippen molar-refractivity contribution in [1.29, 1.82) is 0 Å². The monoisotopic (exact) mass is 533 g/mol. The minimum absolute atomic E-state index is 0.174. The van der Waals surface area contributed by atoms with Gasteiger partial charge in [-0.3, -0.25) is 4.79 Å². The highest BCUT2D eigenvalue weighted by Gasteiger charge is 2.50. The predicted molar refractivity (Wildman–Crippen MR) is 148 cm³/mol. The maximum atomic E-state index is 12.8. The minimum atomic E-state index is -1.28. The van der Waals surface area contributed by atoms with Crippen molar-refractivity contribution in [3.8, 4) is 0 Å². The number of rotatable bonds is 12.